The third kappa shape index (κ3) is 1.94. The average molecular weight is 218 g/mol. The number of rotatable bonds is 1. The Morgan fingerprint density at radius 3 is 2.23 bits per heavy atom. The van der Waals surface area contributed by atoms with Crippen LogP contribution in [-0.2, 0) is 10.0 Å². The van der Waals surface area contributed by atoms with Gasteiger partial charge >= 0.3 is 15.5 Å². The van der Waals surface area contributed by atoms with E-state index in [1.807, 2.05) is 0 Å². The molecule has 1 aliphatic rings. The smallest absolute Gasteiger partial charge is 0.326 e. The summed E-state index contributed by atoms with van der Waals surface area (Å²) >= 11 is 0. The van der Waals surface area contributed by atoms with E-state index >= 15 is 0 Å². The van der Waals surface area contributed by atoms with Crippen LogP contribution in [0.2, 0.25) is 0 Å². The van der Waals surface area contributed by atoms with E-state index in [9.17, 15) is 21.6 Å². The Kier molecular flexibility index (Phi) is 2.56. The average Bonchev–Trinajstić information content (AvgIpc) is 2.33. The lowest BCUT2D eigenvalue weighted by Crippen LogP contribution is -2.40. The van der Waals surface area contributed by atoms with E-state index in [1.165, 1.54) is 0 Å². The van der Waals surface area contributed by atoms with Crippen LogP contribution in [0.15, 0.2) is 0 Å². The van der Waals surface area contributed by atoms with Crippen LogP contribution < -0.4 is 5.73 Å². The maximum Gasteiger partial charge on any atom is 0.511 e. The summed E-state index contributed by atoms with van der Waals surface area (Å²) in [5.41, 5.74) is 0.0804. The third-order valence-corrected chi connectivity index (χ3v) is 3.42. The van der Waals surface area contributed by atoms with Crippen molar-refractivity contribution in [3.63, 3.8) is 0 Å². The van der Waals surface area contributed by atoms with E-state index in [4.69, 9.17) is 5.73 Å². The molecule has 1 rings (SSSR count). The molecular weight excluding hydrogens is 209 g/mol. The zero-order chi connectivity index (χ0) is 10.3. The molecule has 0 spiro atoms. The molecule has 1 aliphatic heterocycles. The first-order valence-corrected chi connectivity index (χ1v) is 5.01. The summed E-state index contributed by atoms with van der Waals surface area (Å²) in [6, 6.07) is -0.489. The Balaban J connectivity index is 2.84. The highest BCUT2D eigenvalue weighted by Gasteiger charge is 2.51. The lowest BCUT2D eigenvalue weighted by molar-refractivity contribution is -0.0483. The topological polar surface area (TPSA) is 63.4 Å². The van der Waals surface area contributed by atoms with Gasteiger partial charge < -0.3 is 5.73 Å². The predicted octanol–water partition coefficient (Wildman–Crippen LogP) is -0.131. The van der Waals surface area contributed by atoms with Gasteiger partial charge in [-0.1, -0.05) is 0 Å². The predicted molar refractivity (Wildman–Crippen MR) is 39.1 cm³/mol. The summed E-state index contributed by atoms with van der Waals surface area (Å²) in [6.45, 7) is -0.398. The number of halogens is 3. The van der Waals surface area contributed by atoms with E-state index in [0.717, 1.165) is 0 Å². The van der Waals surface area contributed by atoms with Crippen molar-refractivity contribution in [1.29, 1.82) is 0 Å². The number of hydrogen-bond acceptors (Lipinski definition) is 3. The third-order valence-electron chi connectivity index (χ3n) is 1.82. The fourth-order valence-corrected chi connectivity index (χ4v) is 2.14. The van der Waals surface area contributed by atoms with Gasteiger partial charge in [0.25, 0.3) is 0 Å². The van der Waals surface area contributed by atoms with Gasteiger partial charge in [-0.3, -0.25) is 0 Å². The first kappa shape index (κ1) is 10.7. The molecule has 0 aliphatic carbocycles. The molecule has 2 N–H and O–H groups in total. The Morgan fingerprint density at radius 2 is 1.92 bits per heavy atom. The van der Waals surface area contributed by atoms with Gasteiger partial charge in [-0.05, 0) is 6.42 Å². The molecule has 1 unspecified atom stereocenters. The van der Waals surface area contributed by atoms with Crippen molar-refractivity contribution in [2.24, 2.45) is 5.73 Å². The molecule has 0 radical (unpaired) electrons. The largest absolute Gasteiger partial charge is 0.511 e. The van der Waals surface area contributed by atoms with Gasteiger partial charge in [0.1, 0.15) is 0 Å². The van der Waals surface area contributed by atoms with Crippen LogP contribution >= 0.6 is 0 Å². The summed E-state index contributed by atoms with van der Waals surface area (Å²) in [7, 11) is -5.16. The zero-order valence-corrected chi connectivity index (χ0v) is 7.40. The summed E-state index contributed by atoms with van der Waals surface area (Å²) in [6.07, 6.45) is 0.273. The van der Waals surface area contributed by atoms with Crippen molar-refractivity contribution < 1.29 is 21.6 Å². The summed E-state index contributed by atoms with van der Waals surface area (Å²) in [5.74, 6) is 0. The van der Waals surface area contributed by atoms with Crippen molar-refractivity contribution in [3.8, 4) is 0 Å². The van der Waals surface area contributed by atoms with Crippen molar-refractivity contribution in [3.05, 3.63) is 0 Å². The lowest BCUT2D eigenvalue weighted by Gasteiger charge is -2.17. The molecule has 1 atom stereocenters. The molecular formula is C5H9F3N2O2S. The normalized spacial score (nSPS) is 26.6. The SMILES string of the molecule is NC1CCN(S(=O)(=O)C(F)(F)F)C1. The first-order valence-electron chi connectivity index (χ1n) is 3.57. The van der Waals surface area contributed by atoms with Crippen LogP contribution in [0, 0.1) is 0 Å². The van der Waals surface area contributed by atoms with Crippen LogP contribution in [0.5, 0.6) is 0 Å². The van der Waals surface area contributed by atoms with Crippen molar-refractivity contribution in [2.75, 3.05) is 13.1 Å². The highest BCUT2D eigenvalue weighted by atomic mass is 32.2. The minimum atomic E-state index is -5.21. The molecule has 1 heterocycles. The van der Waals surface area contributed by atoms with Crippen LogP contribution in [-0.4, -0.2) is 37.4 Å². The molecule has 0 amide bonds. The second kappa shape index (κ2) is 3.10. The van der Waals surface area contributed by atoms with Gasteiger partial charge in [0.2, 0.25) is 0 Å². The van der Waals surface area contributed by atoms with Gasteiger partial charge in [-0.25, -0.2) is 8.42 Å². The molecule has 78 valence electrons. The van der Waals surface area contributed by atoms with Crippen molar-refractivity contribution in [2.45, 2.75) is 18.0 Å². The second-order valence-electron chi connectivity index (χ2n) is 2.86. The highest BCUT2D eigenvalue weighted by molar-refractivity contribution is 7.90. The minimum Gasteiger partial charge on any atom is -0.326 e. The van der Waals surface area contributed by atoms with Crippen LogP contribution in [0.3, 0.4) is 0 Å². The Hall–Kier alpha value is -0.340. The molecule has 1 saturated heterocycles. The Labute approximate surface area is 73.6 Å². The van der Waals surface area contributed by atoms with E-state index in [-0.39, 0.29) is 19.5 Å². The van der Waals surface area contributed by atoms with Gasteiger partial charge in [-0.15, -0.1) is 0 Å². The van der Waals surface area contributed by atoms with Crippen LogP contribution in [0.1, 0.15) is 6.42 Å². The zero-order valence-electron chi connectivity index (χ0n) is 6.58. The number of alkyl halides is 3. The van der Waals surface area contributed by atoms with E-state index in [1.54, 1.807) is 0 Å². The van der Waals surface area contributed by atoms with E-state index in [0.29, 0.717) is 4.31 Å². The van der Waals surface area contributed by atoms with Crippen molar-refractivity contribution in [1.82, 2.24) is 4.31 Å². The molecule has 0 saturated carbocycles. The van der Waals surface area contributed by atoms with Gasteiger partial charge in [0.15, 0.2) is 0 Å². The van der Waals surface area contributed by atoms with E-state index < -0.39 is 21.6 Å². The summed E-state index contributed by atoms with van der Waals surface area (Å²) in [4.78, 5) is 0. The number of sulfonamides is 1. The highest BCUT2D eigenvalue weighted by Crippen LogP contribution is 2.28. The molecule has 0 aromatic heterocycles. The maximum atomic E-state index is 11.9. The fourth-order valence-electron chi connectivity index (χ4n) is 1.12. The molecule has 0 aromatic carbocycles. The quantitative estimate of drug-likeness (QED) is 0.666. The Morgan fingerprint density at radius 1 is 1.38 bits per heavy atom. The lowest BCUT2D eigenvalue weighted by atomic mass is 10.3. The minimum absolute atomic E-state index is 0.150. The standard InChI is InChI=1S/C5H9F3N2O2S/c6-5(7,8)13(11,12)10-2-1-4(9)3-10/h4H,1-3,9H2. The van der Waals surface area contributed by atoms with Crippen LogP contribution in [0.4, 0.5) is 13.2 Å². The number of nitrogens with two attached hydrogens (primary N) is 1. The maximum absolute atomic E-state index is 11.9. The van der Waals surface area contributed by atoms with Gasteiger partial charge in [0.05, 0.1) is 0 Å². The molecule has 0 aromatic rings. The molecule has 0 bridgehead atoms. The van der Waals surface area contributed by atoms with Gasteiger partial charge in [0, 0.05) is 19.1 Å². The molecule has 13 heavy (non-hydrogen) atoms. The summed E-state index contributed by atoms with van der Waals surface area (Å²) in [5, 5.41) is 0. The monoisotopic (exact) mass is 218 g/mol. The number of nitrogens with zero attached hydrogens (tertiary/aromatic N) is 1. The van der Waals surface area contributed by atoms with Crippen LogP contribution in [0.25, 0.3) is 0 Å². The Bertz CT molecular complexity index is 287. The molecule has 1 fully saturated rings. The fraction of sp³-hybridized carbons (Fsp3) is 1.00. The number of hydrogen-bond donors (Lipinski definition) is 1. The first-order chi connectivity index (χ1) is 5.75. The van der Waals surface area contributed by atoms with E-state index in [2.05, 4.69) is 0 Å². The molecule has 4 nitrogen and oxygen atoms in total. The van der Waals surface area contributed by atoms with Gasteiger partial charge in [-0.2, -0.15) is 17.5 Å². The second-order valence-corrected chi connectivity index (χ2v) is 4.79. The summed E-state index contributed by atoms with van der Waals surface area (Å²) < 4.78 is 57.7. The molecule has 8 heteroatoms. The van der Waals surface area contributed by atoms with Crippen molar-refractivity contribution >= 4 is 10.0 Å².